The zero-order chi connectivity index (χ0) is 11.4. The lowest BCUT2D eigenvalue weighted by molar-refractivity contribution is -0.133. The van der Waals surface area contributed by atoms with Crippen molar-refractivity contribution >= 4 is 12.3 Å². The van der Waals surface area contributed by atoms with E-state index in [1.165, 1.54) is 12.1 Å². The van der Waals surface area contributed by atoms with Crippen LogP contribution in [0.2, 0.25) is 0 Å². The molecule has 5 heteroatoms. The Hall–Kier alpha value is -1.75. The number of benzene rings is 1. The molecule has 0 heterocycles. The fourth-order valence-corrected chi connectivity index (χ4v) is 1.11. The van der Waals surface area contributed by atoms with Crippen molar-refractivity contribution in [2.75, 3.05) is 6.54 Å². The van der Waals surface area contributed by atoms with Crippen molar-refractivity contribution in [3.05, 3.63) is 29.1 Å². The Kier molecular flexibility index (Phi) is 3.51. The van der Waals surface area contributed by atoms with E-state index >= 15 is 0 Å². The third-order valence-electron chi connectivity index (χ3n) is 1.73. The molecule has 0 saturated carbocycles. The van der Waals surface area contributed by atoms with Crippen LogP contribution in [0.1, 0.15) is 15.9 Å². The van der Waals surface area contributed by atoms with Crippen molar-refractivity contribution in [2.45, 2.75) is 6.92 Å². The smallest absolute Gasteiger partial charge is 0.325 e. The van der Waals surface area contributed by atoms with Crippen LogP contribution in [0.15, 0.2) is 12.1 Å². The van der Waals surface area contributed by atoms with E-state index in [-0.39, 0.29) is 17.9 Å². The molecule has 0 amide bonds. The standard InChI is InChI=1S/C10H10FNO3/c1-6-2-7(5-13)10(8(11)3-6)15-9(14)4-12/h2-3,5H,4,12H2,1H3. The van der Waals surface area contributed by atoms with Gasteiger partial charge in [0.2, 0.25) is 0 Å². The van der Waals surface area contributed by atoms with Crippen LogP contribution in [0, 0.1) is 12.7 Å². The first-order chi connectivity index (χ1) is 7.08. The predicted molar refractivity (Wildman–Crippen MR) is 51.2 cm³/mol. The summed E-state index contributed by atoms with van der Waals surface area (Å²) < 4.78 is 17.9. The maximum Gasteiger partial charge on any atom is 0.325 e. The zero-order valence-electron chi connectivity index (χ0n) is 8.12. The van der Waals surface area contributed by atoms with Crippen LogP contribution < -0.4 is 10.5 Å². The van der Waals surface area contributed by atoms with E-state index in [2.05, 4.69) is 4.74 Å². The van der Waals surface area contributed by atoms with E-state index in [4.69, 9.17) is 5.73 Å². The first-order valence-corrected chi connectivity index (χ1v) is 4.24. The lowest BCUT2D eigenvalue weighted by Crippen LogP contribution is -2.20. The van der Waals surface area contributed by atoms with Gasteiger partial charge in [0.1, 0.15) is 0 Å². The average Bonchev–Trinajstić information content (AvgIpc) is 2.21. The van der Waals surface area contributed by atoms with E-state index in [1.807, 2.05) is 0 Å². The van der Waals surface area contributed by atoms with E-state index in [0.29, 0.717) is 11.8 Å². The van der Waals surface area contributed by atoms with Gasteiger partial charge in [-0.2, -0.15) is 0 Å². The summed E-state index contributed by atoms with van der Waals surface area (Å²) in [6.45, 7) is 1.26. The quantitative estimate of drug-likeness (QED) is 0.456. The summed E-state index contributed by atoms with van der Waals surface area (Å²) in [5.74, 6) is -1.91. The molecule has 0 aromatic heterocycles. The summed E-state index contributed by atoms with van der Waals surface area (Å²) in [5, 5.41) is 0. The summed E-state index contributed by atoms with van der Waals surface area (Å²) in [4.78, 5) is 21.5. The molecular formula is C10H10FNO3. The molecule has 80 valence electrons. The summed E-state index contributed by atoms with van der Waals surface area (Å²) in [6.07, 6.45) is 0.426. The van der Waals surface area contributed by atoms with Gasteiger partial charge in [0.05, 0.1) is 12.1 Å². The van der Waals surface area contributed by atoms with Gasteiger partial charge in [-0.25, -0.2) is 4.39 Å². The highest BCUT2D eigenvalue weighted by Crippen LogP contribution is 2.23. The second-order valence-electron chi connectivity index (χ2n) is 2.96. The van der Waals surface area contributed by atoms with Crippen LogP contribution in [0.5, 0.6) is 5.75 Å². The monoisotopic (exact) mass is 211 g/mol. The lowest BCUT2D eigenvalue weighted by Gasteiger charge is -2.07. The Morgan fingerprint density at radius 1 is 1.60 bits per heavy atom. The van der Waals surface area contributed by atoms with Crippen molar-refractivity contribution in [3.8, 4) is 5.75 Å². The Labute approximate surface area is 85.8 Å². The fraction of sp³-hybridized carbons (Fsp3) is 0.200. The minimum atomic E-state index is -0.791. The fourth-order valence-electron chi connectivity index (χ4n) is 1.11. The molecule has 1 aromatic rings. The molecule has 4 nitrogen and oxygen atoms in total. The van der Waals surface area contributed by atoms with Crippen molar-refractivity contribution in [3.63, 3.8) is 0 Å². The van der Waals surface area contributed by atoms with Gasteiger partial charge in [0, 0.05) is 0 Å². The Morgan fingerprint density at radius 3 is 2.80 bits per heavy atom. The van der Waals surface area contributed by atoms with Crippen LogP contribution in [-0.2, 0) is 4.79 Å². The molecule has 0 aliphatic carbocycles. The van der Waals surface area contributed by atoms with E-state index < -0.39 is 11.8 Å². The van der Waals surface area contributed by atoms with Crippen LogP contribution in [0.4, 0.5) is 4.39 Å². The molecule has 0 radical (unpaired) electrons. The topological polar surface area (TPSA) is 69.4 Å². The maximum absolute atomic E-state index is 13.3. The number of halogens is 1. The number of rotatable bonds is 3. The third kappa shape index (κ3) is 2.60. The molecule has 0 spiro atoms. The second-order valence-corrected chi connectivity index (χ2v) is 2.96. The van der Waals surface area contributed by atoms with Gasteiger partial charge in [0.15, 0.2) is 17.9 Å². The van der Waals surface area contributed by atoms with Crippen LogP contribution in [-0.4, -0.2) is 18.8 Å². The van der Waals surface area contributed by atoms with Gasteiger partial charge in [-0.15, -0.1) is 0 Å². The molecule has 2 N–H and O–H groups in total. The highest BCUT2D eigenvalue weighted by atomic mass is 19.1. The van der Waals surface area contributed by atoms with Gasteiger partial charge in [-0.3, -0.25) is 9.59 Å². The normalized spacial score (nSPS) is 9.80. The second kappa shape index (κ2) is 4.65. The van der Waals surface area contributed by atoms with Gasteiger partial charge in [-0.1, -0.05) is 0 Å². The first kappa shape index (κ1) is 11.3. The number of aryl methyl sites for hydroxylation is 1. The molecule has 1 aromatic carbocycles. The highest BCUT2D eigenvalue weighted by molar-refractivity contribution is 5.83. The van der Waals surface area contributed by atoms with Gasteiger partial charge in [0.25, 0.3) is 0 Å². The molecule has 0 aliphatic heterocycles. The molecule has 1 rings (SSSR count). The SMILES string of the molecule is Cc1cc(F)c(OC(=O)CN)c(C=O)c1. The van der Waals surface area contributed by atoms with Crippen molar-refractivity contribution in [1.29, 1.82) is 0 Å². The zero-order valence-corrected chi connectivity index (χ0v) is 8.12. The van der Waals surface area contributed by atoms with Crippen molar-refractivity contribution in [1.82, 2.24) is 0 Å². The highest BCUT2D eigenvalue weighted by Gasteiger charge is 2.13. The summed E-state index contributed by atoms with van der Waals surface area (Å²) in [5.41, 5.74) is 5.57. The number of nitrogens with two attached hydrogens (primary N) is 1. The van der Waals surface area contributed by atoms with Gasteiger partial charge in [-0.05, 0) is 24.6 Å². The minimum Gasteiger partial charge on any atom is -0.422 e. The Morgan fingerprint density at radius 2 is 2.27 bits per heavy atom. The van der Waals surface area contributed by atoms with E-state index in [1.54, 1.807) is 6.92 Å². The van der Waals surface area contributed by atoms with Crippen LogP contribution >= 0.6 is 0 Å². The predicted octanol–water partition coefficient (Wildman–Crippen LogP) is 0.811. The number of hydrogen-bond acceptors (Lipinski definition) is 4. The third-order valence-corrected chi connectivity index (χ3v) is 1.73. The van der Waals surface area contributed by atoms with Crippen LogP contribution in [0.25, 0.3) is 0 Å². The van der Waals surface area contributed by atoms with Crippen molar-refractivity contribution in [2.24, 2.45) is 5.73 Å². The largest absolute Gasteiger partial charge is 0.422 e. The summed E-state index contributed by atoms with van der Waals surface area (Å²) in [6, 6.07) is 2.60. The number of ether oxygens (including phenoxy) is 1. The van der Waals surface area contributed by atoms with Gasteiger partial charge >= 0.3 is 5.97 Å². The molecule has 0 aliphatic rings. The molecule has 0 unspecified atom stereocenters. The number of carbonyl (C=O) groups excluding carboxylic acids is 2. The van der Waals surface area contributed by atoms with E-state index in [0.717, 1.165) is 0 Å². The molecule has 0 atom stereocenters. The van der Waals surface area contributed by atoms with Gasteiger partial charge < -0.3 is 10.5 Å². The first-order valence-electron chi connectivity index (χ1n) is 4.24. The Bertz CT molecular complexity index is 404. The number of esters is 1. The van der Waals surface area contributed by atoms with Crippen molar-refractivity contribution < 1.29 is 18.7 Å². The number of carbonyl (C=O) groups is 2. The maximum atomic E-state index is 13.3. The summed E-state index contributed by atoms with van der Waals surface area (Å²) >= 11 is 0. The number of hydrogen-bond donors (Lipinski definition) is 1. The minimum absolute atomic E-state index is 0.00528. The molecule has 15 heavy (non-hydrogen) atoms. The Balaban J connectivity index is 3.15. The van der Waals surface area contributed by atoms with Crippen LogP contribution in [0.3, 0.4) is 0 Å². The van der Waals surface area contributed by atoms with E-state index in [9.17, 15) is 14.0 Å². The lowest BCUT2D eigenvalue weighted by atomic mass is 10.1. The average molecular weight is 211 g/mol. The molecule has 0 bridgehead atoms. The molecular weight excluding hydrogens is 201 g/mol. The molecule has 0 fully saturated rings. The molecule has 0 saturated heterocycles. The summed E-state index contributed by atoms with van der Waals surface area (Å²) in [7, 11) is 0. The number of aldehydes is 1.